The van der Waals surface area contributed by atoms with Gasteiger partial charge in [0.15, 0.2) is 0 Å². The second kappa shape index (κ2) is 5.13. The highest BCUT2D eigenvalue weighted by Crippen LogP contribution is 2.48. The summed E-state index contributed by atoms with van der Waals surface area (Å²) in [5.74, 6) is -0.954. The second-order valence-electron chi connectivity index (χ2n) is 5.80. The Labute approximate surface area is 116 Å². The minimum Gasteiger partial charge on any atom is -0.352 e. The molecule has 2 fully saturated rings. The zero-order chi connectivity index (χ0) is 14.3. The van der Waals surface area contributed by atoms with E-state index in [0.717, 1.165) is 25.0 Å². The van der Waals surface area contributed by atoms with Crippen molar-refractivity contribution in [1.82, 2.24) is 5.32 Å². The molecular formula is C15H18F2N2O. The van der Waals surface area contributed by atoms with Crippen LogP contribution in [0.15, 0.2) is 18.2 Å². The van der Waals surface area contributed by atoms with Crippen LogP contribution in [-0.2, 0) is 4.79 Å². The highest BCUT2D eigenvalue weighted by atomic mass is 19.1. The van der Waals surface area contributed by atoms with Crippen molar-refractivity contribution in [3.8, 4) is 0 Å². The van der Waals surface area contributed by atoms with Gasteiger partial charge in [-0.05, 0) is 54.9 Å². The summed E-state index contributed by atoms with van der Waals surface area (Å²) in [6, 6.07) is 3.42. The predicted octanol–water partition coefficient (Wildman–Crippen LogP) is 1.92. The Hall–Kier alpha value is -1.49. The van der Waals surface area contributed by atoms with Gasteiger partial charge in [0.05, 0.1) is 0 Å². The van der Waals surface area contributed by atoms with E-state index < -0.39 is 11.6 Å². The average Bonchev–Trinajstić information content (AvgIpc) is 3.29. The van der Waals surface area contributed by atoms with Gasteiger partial charge in [0.25, 0.3) is 0 Å². The molecule has 0 radical (unpaired) electrons. The average molecular weight is 280 g/mol. The molecule has 3 atom stereocenters. The van der Waals surface area contributed by atoms with Crippen LogP contribution >= 0.6 is 0 Å². The highest BCUT2D eigenvalue weighted by molar-refractivity contribution is 5.83. The lowest BCUT2D eigenvalue weighted by Crippen LogP contribution is -2.42. The fourth-order valence-electron chi connectivity index (χ4n) is 2.78. The number of hydrogen-bond acceptors (Lipinski definition) is 2. The van der Waals surface area contributed by atoms with Gasteiger partial charge in [-0.2, -0.15) is 0 Å². The number of rotatable bonds is 5. The summed E-state index contributed by atoms with van der Waals surface area (Å²) in [4.78, 5) is 12.1. The number of carbonyl (C=O) groups is 1. The molecule has 5 heteroatoms. The molecule has 3 rings (SSSR count). The molecule has 1 aromatic rings. The first-order valence-corrected chi connectivity index (χ1v) is 7.05. The van der Waals surface area contributed by atoms with Crippen LogP contribution in [0.25, 0.3) is 0 Å². The van der Waals surface area contributed by atoms with Gasteiger partial charge in [0.1, 0.15) is 11.6 Å². The van der Waals surface area contributed by atoms with E-state index in [0.29, 0.717) is 24.4 Å². The summed E-state index contributed by atoms with van der Waals surface area (Å²) in [7, 11) is 0. The normalized spacial score (nSPS) is 26.1. The number of nitrogens with one attached hydrogen (secondary N) is 1. The van der Waals surface area contributed by atoms with Crippen LogP contribution in [0.3, 0.4) is 0 Å². The Morgan fingerprint density at radius 1 is 1.40 bits per heavy atom. The van der Waals surface area contributed by atoms with Crippen molar-refractivity contribution in [2.24, 2.45) is 17.6 Å². The highest BCUT2D eigenvalue weighted by Gasteiger charge is 2.46. The molecule has 2 aliphatic rings. The number of carbonyl (C=O) groups excluding carboxylic acids is 1. The Bertz CT molecular complexity index is 531. The predicted molar refractivity (Wildman–Crippen MR) is 70.9 cm³/mol. The van der Waals surface area contributed by atoms with Crippen LogP contribution in [0, 0.1) is 23.5 Å². The molecule has 1 aromatic carbocycles. The number of nitrogens with two attached hydrogens (primary N) is 1. The van der Waals surface area contributed by atoms with Crippen LogP contribution in [0.4, 0.5) is 8.78 Å². The van der Waals surface area contributed by atoms with Gasteiger partial charge >= 0.3 is 0 Å². The summed E-state index contributed by atoms with van der Waals surface area (Å²) >= 11 is 0. The van der Waals surface area contributed by atoms with Crippen molar-refractivity contribution in [3.05, 3.63) is 35.4 Å². The Kier molecular flexibility index (Phi) is 3.46. The van der Waals surface area contributed by atoms with Crippen LogP contribution < -0.4 is 11.1 Å². The third-order valence-corrected chi connectivity index (χ3v) is 4.26. The zero-order valence-corrected chi connectivity index (χ0v) is 11.1. The first-order valence-electron chi connectivity index (χ1n) is 7.05. The zero-order valence-electron chi connectivity index (χ0n) is 11.1. The summed E-state index contributed by atoms with van der Waals surface area (Å²) < 4.78 is 26.8. The first-order chi connectivity index (χ1) is 9.60. The minimum atomic E-state index is -0.467. The lowest BCUT2D eigenvalue weighted by molar-refractivity contribution is -0.123. The Morgan fingerprint density at radius 2 is 2.15 bits per heavy atom. The quantitative estimate of drug-likeness (QED) is 0.866. The lowest BCUT2D eigenvalue weighted by Gasteiger charge is -2.16. The summed E-state index contributed by atoms with van der Waals surface area (Å²) in [5.41, 5.74) is 5.95. The maximum atomic E-state index is 13.6. The van der Waals surface area contributed by atoms with E-state index in [2.05, 4.69) is 5.32 Å². The number of benzene rings is 1. The van der Waals surface area contributed by atoms with Crippen molar-refractivity contribution < 1.29 is 13.6 Å². The van der Waals surface area contributed by atoms with Gasteiger partial charge in [0, 0.05) is 18.5 Å². The molecule has 3 unspecified atom stereocenters. The van der Waals surface area contributed by atoms with E-state index in [-0.39, 0.29) is 23.8 Å². The maximum Gasteiger partial charge on any atom is 0.224 e. The van der Waals surface area contributed by atoms with Crippen LogP contribution in [0.2, 0.25) is 0 Å². The fourth-order valence-corrected chi connectivity index (χ4v) is 2.78. The van der Waals surface area contributed by atoms with Gasteiger partial charge in [-0.25, -0.2) is 8.78 Å². The van der Waals surface area contributed by atoms with E-state index in [1.165, 1.54) is 6.07 Å². The standard InChI is InChI=1S/C15H18F2N2O/c16-9-3-4-13(17)11(5-9)10-6-12(10)15(20)19-14(7-18)8-1-2-8/h3-5,8,10,12,14H,1-2,6-7,18H2,(H,19,20). The molecule has 0 bridgehead atoms. The van der Waals surface area contributed by atoms with Crippen molar-refractivity contribution in [3.63, 3.8) is 0 Å². The number of hydrogen-bond donors (Lipinski definition) is 2. The molecule has 2 aliphatic carbocycles. The van der Waals surface area contributed by atoms with Crippen molar-refractivity contribution in [1.29, 1.82) is 0 Å². The fraction of sp³-hybridized carbons (Fsp3) is 0.533. The van der Waals surface area contributed by atoms with Crippen LogP contribution in [-0.4, -0.2) is 18.5 Å². The molecule has 108 valence electrons. The van der Waals surface area contributed by atoms with E-state index in [4.69, 9.17) is 5.73 Å². The van der Waals surface area contributed by atoms with E-state index >= 15 is 0 Å². The van der Waals surface area contributed by atoms with Gasteiger partial charge in [-0.15, -0.1) is 0 Å². The first kappa shape index (κ1) is 13.5. The van der Waals surface area contributed by atoms with Gasteiger partial charge in [-0.3, -0.25) is 4.79 Å². The van der Waals surface area contributed by atoms with Crippen molar-refractivity contribution in [2.45, 2.75) is 31.2 Å². The molecule has 0 heterocycles. The van der Waals surface area contributed by atoms with Crippen LogP contribution in [0.1, 0.15) is 30.7 Å². The second-order valence-corrected chi connectivity index (χ2v) is 5.80. The SMILES string of the molecule is NCC(NC(=O)C1CC1c1cc(F)ccc1F)C1CC1. The molecule has 2 saturated carbocycles. The lowest BCUT2D eigenvalue weighted by atomic mass is 10.1. The Balaban J connectivity index is 1.63. The van der Waals surface area contributed by atoms with E-state index in [1.807, 2.05) is 0 Å². The summed E-state index contributed by atoms with van der Waals surface area (Å²) in [6.07, 6.45) is 2.79. The molecule has 3 nitrogen and oxygen atoms in total. The van der Waals surface area contributed by atoms with Gasteiger partial charge < -0.3 is 11.1 Å². The topological polar surface area (TPSA) is 55.1 Å². The molecule has 20 heavy (non-hydrogen) atoms. The number of amides is 1. The molecular weight excluding hydrogens is 262 g/mol. The molecule has 1 amide bonds. The van der Waals surface area contributed by atoms with Crippen LogP contribution in [0.5, 0.6) is 0 Å². The third-order valence-electron chi connectivity index (χ3n) is 4.26. The third kappa shape index (κ3) is 2.68. The van der Waals surface area contributed by atoms with Gasteiger partial charge in [0.2, 0.25) is 5.91 Å². The summed E-state index contributed by atoms with van der Waals surface area (Å²) in [5, 5.41) is 2.94. The Morgan fingerprint density at radius 3 is 2.80 bits per heavy atom. The summed E-state index contributed by atoms with van der Waals surface area (Å²) in [6.45, 7) is 0.433. The van der Waals surface area contributed by atoms with Crippen molar-refractivity contribution >= 4 is 5.91 Å². The largest absolute Gasteiger partial charge is 0.352 e. The van der Waals surface area contributed by atoms with Crippen molar-refractivity contribution in [2.75, 3.05) is 6.54 Å². The molecule has 0 aliphatic heterocycles. The minimum absolute atomic E-state index is 0.0288. The maximum absolute atomic E-state index is 13.6. The molecule has 0 aromatic heterocycles. The molecule has 0 saturated heterocycles. The number of halogens is 2. The molecule has 0 spiro atoms. The van der Waals surface area contributed by atoms with E-state index in [1.54, 1.807) is 0 Å². The smallest absolute Gasteiger partial charge is 0.224 e. The van der Waals surface area contributed by atoms with E-state index in [9.17, 15) is 13.6 Å². The molecule has 3 N–H and O–H groups in total. The van der Waals surface area contributed by atoms with Gasteiger partial charge in [-0.1, -0.05) is 0 Å². The monoisotopic (exact) mass is 280 g/mol.